The van der Waals surface area contributed by atoms with Gasteiger partial charge in [-0.05, 0) is 66.8 Å². The average Bonchev–Trinajstić information content (AvgIpc) is 3.45. The number of nitro groups is 1. The van der Waals surface area contributed by atoms with E-state index in [2.05, 4.69) is 11.9 Å². The molecule has 0 unspecified atom stereocenters. The van der Waals surface area contributed by atoms with Crippen molar-refractivity contribution in [3.8, 4) is 0 Å². The molecule has 4 atom stereocenters. The Morgan fingerprint density at radius 3 is 2.30 bits per heavy atom. The number of aliphatic hydroxyl groups is 1. The van der Waals surface area contributed by atoms with Gasteiger partial charge in [0.2, 0.25) is 0 Å². The Balaban J connectivity index is 1.84. The summed E-state index contributed by atoms with van der Waals surface area (Å²) in [6.45, 7) is 10.4. The van der Waals surface area contributed by atoms with Crippen LogP contribution in [0.5, 0.6) is 0 Å². The smallest absolute Gasteiger partial charge is 0.269 e. The largest absolute Gasteiger partial charge is 0.449 e. The Morgan fingerprint density at radius 2 is 1.70 bits per heavy atom. The average molecular weight is 631 g/mol. The highest BCUT2D eigenvalue weighted by Crippen LogP contribution is 2.28. The highest BCUT2D eigenvalue weighted by Gasteiger charge is 2.31. The van der Waals surface area contributed by atoms with Crippen LogP contribution in [0.25, 0.3) is 6.08 Å². The van der Waals surface area contributed by atoms with Crippen molar-refractivity contribution in [1.29, 1.82) is 0 Å². The fourth-order valence-electron chi connectivity index (χ4n) is 5.18. The minimum absolute atomic E-state index is 0.0299. The number of nitrogens with zero attached hydrogens (tertiary/aromatic N) is 2. The second kappa shape index (κ2) is 18.7. The van der Waals surface area contributed by atoms with Crippen LogP contribution in [0.15, 0.2) is 106 Å². The molecule has 9 nitrogen and oxygen atoms in total. The number of oxazole rings is 1. The predicted octanol–water partition coefficient (Wildman–Crippen LogP) is 7.95. The number of rotatable bonds is 18. The van der Waals surface area contributed by atoms with E-state index in [9.17, 15) is 15.2 Å². The fourth-order valence-corrected chi connectivity index (χ4v) is 5.18. The third-order valence-electron chi connectivity index (χ3n) is 7.77. The van der Waals surface area contributed by atoms with Gasteiger partial charge in [0, 0.05) is 38.5 Å². The molecule has 0 radical (unpaired) electrons. The minimum atomic E-state index is -0.417. The molecule has 0 aliphatic heterocycles. The van der Waals surface area contributed by atoms with Gasteiger partial charge >= 0.3 is 0 Å². The van der Waals surface area contributed by atoms with E-state index in [1.807, 2.05) is 82.3 Å². The lowest BCUT2D eigenvalue weighted by Gasteiger charge is -2.33. The molecular formula is C37H46N2O7. The topological polar surface area (TPSA) is 117 Å². The SMILES string of the molecule is CO[C@@H](/C(C)=C/C=C/C(C)=C/c1coc(C)n1)[C@@H](C)[C@@H](C[C@H](OCc1ccccc1)/C(C)=C/CO)OCc1ccc([N+](=O)[O-])cc1. The third kappa shape index (κ3) is 11.7. The summed E-state index contributed by atoms with van der Waals surface area (Å²) in [5.74, 6) is 0.517. The molecule has 0 aliphatic rings. The van der Waals surface area contributed by atoms with Crippen LogP contribution in [-0.4, -0.2) is 47.0 Å². The van der Waals surface area contributed by atoms with Crippen molar-refractivity contribution in [3.63, 3.8) is 0 Å². The first-order valence-electron chi connectivity index (χ1n) is 15.4. The van der Waals surface area contributed by atoms with E-state index in [1.165, 1.54) is 12.1 Å². The standard InChI is InChI=1S/C37H46N2O7/c1-26(21-33-25-44-30(5)38-33)11-10-12-28(3)37(43-6)29(4)36(46-24-32-15-17-34(18-16-32)39(41)42)22-35(27(2)19-20-40)45-23-31-13-8-7-9-14-31/h7-19,21,25,29,35-37,40H,20,22-24H2,1-6H3/b11-10+,26-21+,27-19+,28-12+/t29-,35-,36+,37-/m0/s1. The predicted molar refractivity (Wildman–Crippen MR) is 180 cm³/mol. The zero-order chi connectivity index (χ0) is 33.5. The van der Waals surface area contributed by atoms with Gasteiger partial charge in [0.05, 0.1) is 43.1 Å². The molecule has 1 heterocycles. The maximum atomic E-state index is 11.1. The molecule has 9 heteroatoms. The first-order valence-corrected chi connectivity index (χ1v) is 15.4. The van der Waals surface area contributed by atoms with Crippen LogP contribution in [0.2, 0.25) is 0 Å². The minimum Gasteiger partial charge on any atom is -0.449 e. The zero-order valence-electron chi connectivity index (χ0n) is 27.6. The van der Waals surface area contributed by atoms with E-state index >= 15 is 0 Å². The molecule has 1 aromatic heterocycles. The quantitative estimate of drug-likeness (QED) is 0.0651. The van der Waals surface area contributed by atoms with Gasteiger partial charge in [0.15, 0.2) is 5.89 Å². The third-order valence-corrected chi connectivity index (χ3v) is 7.77. The molecule has 0 aliphatic carbocycles. The van der Waals surface area contributed by atoms with Crippen LogP contribution in [0.1, 0.15) is 56.8 Å². The van der Waals surface area contributed by atoms with Gasteiger partial charge in [-0.15, -0.1) is 0 Å². The van der Waals surface area contributed by atoms with Gasteiger partial charge in [0.1, 0.15) is 12.0 Å². The van der Waals surface area contributed by atoms with E-state index in [0.717, 1.165) is 33.5 Å². The first-order chi connectivity index (χ1) is 22.1. The molecule has 246 valence electrons. The molecular weight excluding hydrogens is 584 g/mol. The molecule has 46 heavy (non-hydrogen) atoms. The molecule has 0 saturated heterocycles. The van der Waals surface area contributed by atoms with E-state index < -0.39 is 4.92 Å². The van der Waals surface area contributed by atoms with Gasteiger partial charge in [-0.1, -0.05) is 61.6 Å². The molecule has 0 bridgehead atoms. The molecule has 1 N–H and O–H groups in total. The molecule has 0 fully saturated rings. The fraction of sp³-hybridized carbons (Fsp3) is 0.378. The highest BCUT2D eigenvalue weighted by molar-refractivity contribution is 5.51. The number of hydrogen-bond acceptors (Lipinski definition) is 8. The summed E-state index contributed by atoms with van der Waals surface area (Å²) in [6, 6.07) is 16.3. The van der Waals surface area contributed by atoms with Crippen LogP contribution in [0.4, 0.5) is 5.69 Å². The van der Waals surface area contributed by atoms with Gasteiger partial charge in [-0.2, -0.15) is 0 Å². The van der Waals surface area contributed by atoms with Gasteiger partial charge in [0.25, 0.3) is 5.69 Å². The van der Waals surface area contributed by atoms with Crippen molar-refractivity contribution in [2.24, 2.45) is 5.92 Å². The van der Waals surface area contributed by atoms with E-state index in [4.69, 9.17) is 18.6 Å². The number of nitro benzene ring substituents is 1. The second-order valence-corrected chi connectivity index (χ2v) is 11.4. The number of aliphatic hydroxyl groups excluding tert-OH is 1. The number of ether oxygens (including phenoxy) is 3. The van der Waals surface area contributed by atoms with Crippen LogP contribution >= 0.6 is 0 Å². The van der Waals surface area contributed by atoms with Crippen LogP contribution < -0.4 is 0 Å². The Morgan fingerprint density at radius 1 is 1.02 bits per heavy atom. The lowest BCUT2D eigenvalue weighted by Crippen LogP contribution is -2.37. The lowest BCUT2D eigenvalue weighted by atomic mass is 9.88. The van der Waals surface area contributed by atoms with Crippen LogP contribution in [0.3, 0.4) is 0 Å². The van der Waals surface area contributed by atoms with E-state index in [0.29, 0.717) is 18.9 Å². The van der Waals surface area contributed by atoms with Crippen molar-refractivity contribution >= 4 is 11.8 Å². The number of aromatic nitrogens is 1. The summed E-state index contributed by atoms with van der Waals surface area (Å²) in [7, 11) is 1.69. The number of allylic oxidation sites excluding steroid dienone is 4. The van der Waals surface area contributed by atoms with E-state index in [1.54, 1.807) is 31.6 Å². The van der Waals surface area contributed by atoms with Gasteiger partial charge in [-0.3, -0.25) is 10.1 Å². The van der Waals surface area contributed by atoms with Crippen molar-refractivity contribution < 1.29 is 28.7 Å². The normalized spacial score (nSPS) is 15.6. The van der Waals surface area contributed by atoms with Crippen molar-refractivity contribution in [2.45, 2.75) is 72.6 Å². The Kier molecular flexibility index (Phi) is 14.8. The van der Waals surface area contributed by atoms with Crippen LogP contribution in [-0.2, 0) is 27.4 Å². The molecule has 3 aromatic rings. The highest BCUT2D eigenvalue weighted by atomic mass is 16.6. The second-order valence-electron chi connectivity index (χ2n) is 11.4. The molecule has 3 rings (SSSR count). The zero-order valence-corrected chi connectivity index (χ0v) is 27.6. The summed E-state index contributed by atoms with van der Waals surface area (Å²) in [4.78, 5) is 15.0. The lowest BCUT2D eigenvalue weighted by molar-refractivity contribution is -0.384. The maximum Gasteiger partial charge on any atom is 0.269 e. The number of benzene rings is 2. The number of hydrogen-bond donors (Lipinski definition) is 1. The van der Waals surface area contributed by atoms with Crippen LogP contribution in [0, 0.1) is 23.0 Å². The Hall–Kier alpha value is -4.15. The summed E-state index contributed by atoms with van der Waals surface area (Å²) in [5.41, 5.74) is 5.61. The summed E-state index contributed by atoms with van der Waals surface area (Å²) in [5, 5.41) is 20.8. The monoisotopic (exact) mass is 630 g/mol. The summed E-state index contributed by atoms with van der Waals surface area (Å²) >= 11 is 0. The molecule has 0 spiro atoms. The molecule has 0 amide bonds. The van der Waals surface area contributed by atoms with E-state index in [-0.39, 0.29) is 43.1 Å². The number of aryl methyl sites for hydroxylation is 1. The number of methoxy groups -OCH3 is 1. The number of non-ortho nitro benzene ring substituents is 1. The molecule has 2 aromatic carbocycles. The van der Waals surface area contributed by atoms with Crippen molar-refractivity contribution in [3.05, 3.63) is 135 Å². The van der Waals surface area contributed by atoms with Crippen molar-refractivity contribution in [1.82, 2.24) is 4.98 Å². The summed E-state index contributed by atoms with van der Waals surface area (Å²) < 4.78 is 24.3. The van der Waals surface area contributed by atoms with Gasteiger partial charge < -0.3 is 23.7 Å². The summed E-state index contributed by atoms with van der Waals surface area (Å²) in [6.07, 6.45) is 10.9. The van der Waals surface area contributed by atoms with Gasteiger partial charge in [-0.25, -0.2) is 4.98 Å². The molecule has 0 saturated carbocycles. The first kappa shape index (κ1) is 36.3. The Labute approximate surface area is 272 Å². The maximum absolute atomic E-state index is 11.1. The van der Waals surface area contributed by atoms with Crippen molar-refractivity contribution in [2.75, 3.05) is 13.7 Å². The Bertz CT molecular complexity index is 1490.